The quantitative estimate of drug-likeness (QED) is 0.831. The second kappa shape index (κ2) is 5.61. The first-order chi connectivity index (χ1) is 8.56. The van der Waals surface area contributed by atoms with Crippen molar-refractivity contribution in [3.05, 3.63) is 23.8 Å². The summed E-state index contributed by atoms with van der Waals surface area (Å²) in [5.74, 6) is 0.997. The predicted molar refractivity (Wildman–Crippen MR) is 74.5 cm³/mol. The molecule has 3 nitrogen and oxygen atoms in total. The molecule has 3 heteroatoms. The fraction of sp³-hybridized carbons (Fsp3) is 0.600. The van der Waals surface area contributed by atoms with Gasteiger partial charge in [0, 0.05) is 17.8 Å². The molecule has 1 aromatic rings. The second-order valence-electron chi connectivity index (χ2n) is 5.62. The van der Waals surface area contributed by atoms with Crippen LogP contribution < -0.4 is 10.1 Å². The third kappa shape index (κ3) is 3.64. The van der Waals surface area contributed by atoms with Crippen LogP contribution in [0.3, 0.4) is 0 Å². The van der Waals surface area contributed by atoms with Crippen molar-refractivity contribution in [1.29, 1.82) is 0 Å². The first-order valence-corrected chi connectivity index (χ1v) is 6.69. The van der Waals surface area contributed by atoms with E-state index in [4.69, 9.17) is 9.47 Å². The standard InChI is InChI=1S/C15H23NO2/c1-15(2,3)18-11-10-17-14-8-4-7-13-12(14)6-5-9-16-13/h4,7-8,16H,5-6,9-11H2,1-3H3. The highest BCUT2D eigenvalue weighted by Gasteiger charge is 2.14. The maximum absolute atomic E-state index is 5.83. The van der Waals surface area contributed by atoms with Crippen molar-refractivity contribution < 1.29 is 9.47 Å². The van der Waals surface area contributed by atoms with Gasteiger partial charge < -0.3 is 14.8 Å². The molecule has 1 N–H and O–H groups in total. The number of hydrogen-bond acceptors (Lipinski definition) is 3. The summed E-state index contributed by atoms with van der Waals surface area (Å²) < 4.78 is 11.5. The topological polar surface area (TPSA) is 30.5 Å². The molecule has 1 heterocycles. The normalized spacial score (nSPS) is 14.8. The Morgan fingerprint density at radius 2 is 2.06 bits per heavy atom. The number of fused-ring (bicyclic) bond motifs is 1. The molecule has 0 radical (unpaired) electrons. The maximum atomic E-state index is 5.83. The highest BCUT2D eigenvalue weighted by molar-refractivity contribution is 5.59. The van der Waals surface area contributed by atoms with Crippen LogP contribution in [-0.2, 0) is 11.2 Å². The van der Waals surface area contributed by atoms with Gasteiger partial charge in [-0.1, -0.05) is 6.07 Å². The summed E-state index contributed by atoms with van der Waals surface area (Å²) in [6, 6.07) is 6.20. The van der Waals surface area contributed by atoms with Crippen LogP contribution in [0.25, 0.3) is 0 Å². The average Bonchev–Trinajstić information content (AvgIpc) is 2.33. The highest BCUT2D eigenvalue weighted by atomic mass is 16.5. The van der Waals surface area contributed by atoms with Gasteiger partial charge in [0.25, 0.3) is 0 Å². The van der Waals surface area contributed by atoms with E-state index in [1.165, 1.54) is 17.7 Å². The van der Waals surface area contributed by atoms with Crippen LogP contribution in [-0.4, -0.2) is 25.4 Å². The third-order valence-corrected chi connectivity index (χ3v) is 2.93. The molecule has 0 spiro atoms. The molecular weight excluding hydrogens is 226 g/mol. The van der Waals surface area contributed by atoms with E-state index in [9.17, 15) is 0 Å². The molecule has 0 saturated heterocycles. The highest BCUT2D eigenvalue weighted by Crippen LogP contribution is 2.30. The van der Waals surface area contributed by atoms with Gasteiger partial charge in [-0.15, -0.1) is 0 Å². The van der Waals surface area contributed by atoms with E-state index in [0.717, 1.165) is 18.7 Å². The number of benzene rings is 1. The molecule has 0 amide bonds. The number of hydrogen-bond donors (Lipinski definition) is 1. The van der Waals surface area contributed by atoms with Crippen molar-refractivity contribution in [3.63, 3.8) is 0 Å². The number of rotatable bonds is 4. The second-order valence-corrected chi connectivity index (χ2v) is 5.62. The zero-order valence-electron chi connectivity index (χ0n) is 11.6. The van der Waals surface area contributed by atoms with Crippen molar-refractivity contribution in [3.8, 4) is 5.75 Å². The van der Waals surface area contributed by atoms with Gasteiger partial charge in [-0.2, -0.15) is 0 Å². The Hall–Kier alpha value is -1.22. The van der Waals surface area contributed by atoms with Crippen LogP contribution in [0.5, 0.6) is 5.75 Å². The summed E-state index contributed by atoms with van der Waals surface area (Å²) >= 11 is 0. The van der Waals surface area contributed by atoms with Gasteiger partial charge in [0.1, 0.15) is 12.4 Å². The fourth-order valence-electron chi connectivity index (χ4n) is 2.11. The van der Waals surface area contributed by atoms with Gasteiger partial charge in [-0.3, -0.25) is 0 Å². The molecule has 0 unspecified atom stereocenters. The Morgan fingerprint density at radius 3 is 2.83 bits per heavy atom. The van der Waals surface area contributed by atoms with Crippen molar-refractivity contribution in [2.24, 2.45) is 0 Å². The number of anilines is 1. The van der Waals surface area contributed by atoms with Gasteiger partial charge in [0.2, 0.25) is 0 Å². The fourth-order valence-corrected chi connectivity index (χ4v) is 2.11. The summed E-state index contributed by atoms with van der Waals surface area (Å²) in [4.78, 5) is 0. The number of ether oxygens (including phenoxy) is 2. The summed E-state index contributed by atoms with van der Waals surface area (Å²) in [7, 11) is 0. The van der Waals surface area contributed by atoms with E-state index in [1.54, 1.807) is 0 Å². The van der Waals surface area contributed by atoms with Crippen LogP contribution in [0.15, 0.2) is 18.2 Å². The lowest BCUT2D eigenvalue weighted by molar-refractivity contribution is -0.0163. The lowest BCUT2D eigenvalue weighted by Crippen LogP contribution is -2.22. The molecule has 0 atom stereocenters. The predicted octanol–water partition coefficient (Wildman–Crippen LogP) is 3.24. The van der Waals surface area contributed by atoms with E-state index in [-0.39, 0.29) is 5.60 Å². The van der Waals surface area contributed by atoms with Crippen LogP contribution in [0.4, 0.5) is 5.69 Å². The van der Waals surface area contributed by atoms with Crippen LogP contribution >= 0.6 is 0 Å². The van der Waals surface area contributed by atoms with Gasteiger partial charge in [0.15, 0.2) is 0 Å². The SMILES string of the molecule is CC(C)(C)OCCOc1cccc2c1CCCN2. The molecule has 0 fully saturated rings. The Balaban J connectivity index is 1.90. The van der Waals surface area contributed by atoms with Crippen LogP contribution in [0.1, 0.15) is 32.8 Å². The minimum atomic E-state index is -0.0962. The van der Waals surface area contributed by atoms with Crippen molar-refractivity contribution in [2.75, 3.05) is 25.1 Å². The van der Waals surface area contributed by atoms with Gasteiger partial charge in [-0.05, 0) is 45.7 Å². The minimum absolute atomic E-state index is 0.0962. The third-order valence-electron chi connectivity index (χ3n) is 2.93. The van der Waals surface area contributed by atoms with Crippen molar-refractivity contribution in [1.82, 2.24) is 0 Å². The summed E-state index contributed by atoms with van der Waals surface area (Å²) in [5.41, 5.74) is 2.43. The van der Waals surface area contributed by atoms with E-state index < -0.39 is 0 Å². The van der Waals surface area contributed by atoms with Gasteiger partial charge >= 0.3 is 0 Å². The van der Waals surface area contributed by atoms with E-state index >= 15 is 0 Å². The first kappa shape index (κ1) is 13.2. The van der Waals surface area contributed by atoms with Crippen molar-refractivity contribution >= 4 is 5.69 Å². The molecule has 0 aliphatic carbocycles. The average molecular weight is 249 g/mol. The van der Waals surface area contributed by atoms with Crippen LogP contribution in [0.2, 0.25) is 0 Å². The summed E-state index contributed by atoms with van der Waals surface area (Å²) in [6.07, 6.45) is 2.27. The lowest BCUT2D eigenvalue weighted by Gasteiger charge is -2.22. The van der Waals surface area contributed by atoms with E-state index in [2.05, 4.69) is 32.2 Å². The Labute approximate surface area is 109 Å². The molecule has 100 valence electrons. The maximum Gasteiger partial charge on any atom is 0.124 e. The van der Waals surface area contributed by atoms with Gasteiger partial charge in [0.05, 0.1) is 12.2 Å². The lowest BCUT2D eigenvalue weighted by atomic mass is 10.0. The molecule has 18 heavy (non-hydrogen) atoms. The zero-order chi connectivity index (χ0) is 13.0. The van der Waals surface area contributed by atoms with Crippen LogP contribution in [0, 0.1) is 0 Å². The largest absolute Gasteiger partial charge is 0.491 e. The Kier molecular flexibility index (Phi) is 4.12. The molecule has 0 bridgehead atoms. The molecule has 1 aliphatic rings. The monoisotopic (exact) mass is 249 g/mol. The minimum Gasteiger partial charge on any atom is -0.491 e. The van der Waals surface area contributed by atoms with E-state index in [1.807, 2.05) is 12.1 Å². The molecule has 2 rings (SSSR count). The van der Waals surface area contributed by atoms with Crippen molar-refractivity contribution in [2.45, 2.75) is 39.2 Å². The first-order valence-electron chi connectivity index (χ1n) is 6.69. The molecule has 0 saturated carbocycles. The van der Waals surface area contributed by atoms with E-state index in [0.29, 0.717) is 13.2 Å². The summed E-state index contributed by atoms with van der Waals surface area (Å²) in [5, 5.41) is 3.41. The molecular formula is C15H23NO2. The molecule has 0 aromatic heterocycles. The van der Waals surface area contributed by atoms with Gasteiger partial charge in [-0.25, -0.2) is 0 Å². The molecule has 1 aliphatic heterocycles. The molecule has 1 aromatic carbocycles. The summed E-state index contributed by atoms with van der Waals surface area (Å²) in [6.45, 7) is 8.46. The Bertz CT molecular complexity index is 396. The number of nitrogens with one attached hydrogen (secondary N) is 1. The Morgan fingerprint density at radius 1 is 1.22 bits per heavy atom. The zero-order valence-corrected chi connectivity index (χ0v) is 11.6. The smallest absolute Gasteiger partial charge is 0.124 e.